The van der Waals surface area contributed by atoms with Crippen molar-refractivity contribution in [3.63, 3.8) is 0 Å². The zero-order valence-electron chi connectivity index (χ0n) is 16.4. The Hall–Kier alpha value is -0.910. The Labute approximate surface area is 185 Å². The van der Waals surface area contributed by atoms with Crippen molar-refractivity contribution in [1.82, 2.24) is 14.5 Å². The molecule has 9 heteroatoms. The van der Waals surface area contributed by atoms with E-state index in [0.717, 1.165) is 38.5 Å². The molecule has 0 radical (unpaired) electrons. The topological polar surface area (TPSA) is 74.2 Å². The van der Waals surface area contributed by atoms with E-state index in [4.69, 9.17) is 4.74 Å². The predicted octanol–water partition coefficient (Wildman–Crippen LogP) is 1.75. The summed E-state index contributed by atoms with van der Waals surface area (Å²) in [5.74, 6) is 1.61. The fraction of sp³-hybridized carbons (Fsp3) is 0.632. The van der Waals surface area contributed by atoms with Crippen LogP contribution in [-0.2, 0) is 21.4 Å². The Morgan fingerprint density at radius 3 is 2.75 bits per heavy atom. The molecule has 0 bridgehead atoms. The Kier molecular flexibility index (Phi) is 9.45. The summed E-state index contributed by atoms with van der Waals surface area (Å²) in [4.78, 5) is 6.59. The lowest BCUT2D eigenvalue weighted by Gasteiger charge is -2.23. The summed E-state index contributed by atoms with van der Waals surface area (Å²) in [5.41, 5.74) is 1.20. The van der Waals surface area contributed by atoms with Crippen LogP contribution in [0.2, 0.25) is 0 Å². The minimum Gasteiger partial charge on any atom is -0.376 e. The average molecular weight is 522 g/mol. The highest BCUT2D eigenvalue weighted by Crippen LogP contribution is 2.17. The number of hydrogen-bond acceptors (Lipinski definition) is 4. The van der Waals surface area contributed by atoms with Crippen molar-refractivity contribution >= 4 is 40.0 Å². The van der Waals surface area contributed by atoms with E-state index in [0.29, 0.717) is 32.2 Å². The lowest BCUT2D eigenvalue weighted by Crippen LogP contribution is -2.43. The van der Waals surface area contributed by atoms with Crippen LogP contribution in [0.25, 0.3) is 0 Å². The molecular weight excluding hydrogens is 491 g/mol. The summed E-state index contributed by atoms with van der Waals surface area (Å²) in [6.45, 7) is 4.96. The number of likely N-dealkylation sites (tertiary alicyclic amines) is 1. The molecule has 2 aliphatic rings. The van der Waals surface area contributed by atoms with Crippen LogP contribution in [0, 0.1) is 5.92 Å². The van der Waals surface area contributed by atoms with E-state index < -0.39 is 10.0 Å². The molecule has 2 fully saturated rings. The molecule has 2 heterocycles. The molecule has 0 aromatic heterocycles. The Balaban J connectivity index is 0.00000280. The minimum atomic E-state index is -3.03. The highest BCUT2D eigenvalue weighted by atomic mass is 127. The van der Waals surface area contributed by atoms with Crippen molar-refractivity contribution < 1.29 is 13.2 Å². The number of hydrogen-bond donors (Lipinski definition) is 1. The number of benzene rings is 1. The van der Waals surface area contributed by atoms with Gasteiger partial charge in [0.1, 0.15) is 0 Å². The van der Waals surface area contributed by atoms with Crippen LogP contribution in [0.1, 0.15) is 18.4 Å². The van der Waals surface area contributed by atoms with Gasteiger partial charge in [0, 0.05) is 45.7 Å². The first-order valence-corrected chi connectivity index (χ1v) is 11.2. The molecule has 0 aliphatic carbocycles. The molecule has 28 heavy (non-hydrogen) atoms. The molecular formula is C19H31IN4O3S. The molecule has 1 N–H and O–H groups in total. The predicted molar refractivity (Wildman–Crippen MR) is 123 cm³/mol. The number of rotatable bonds is 7. The fourth-order valence-corrected chi connectivity index (χ4v) is 5.17. The third-order valence-electron chi connectivity index (χ3n) is 5.11. The van der Waals surface area contributed by atoms with Gasteiger partial charge in [0.05, 0.1) is 19.0 Å². The molecule has 158 valence electrons. The minimum absolute atomic E-state index is 0. The molecule has 2 aliphatic heterocycles. The summed E-state index contributed by atoms with van der Waals surface area (Å²) in [6.07, 6.45) is 1.81. The Morgan fingerprint density at radius 2 is 2.07 bits per heavy atom. The lowest BCUT2D eigenvalue weighted by molar-refractivity contribution is 0.0906. The zero-order chi connectivity index (χ0) is 19.1. The van der Waals surface area contributed by atoms with Crippen LogP contribution >= 0.6 is 24.0 Å². The van der Waals surface area contributed by atoms with Gasteiger partial charge in [0.25, 0.3) is 0 Å². The summed E-state index contributed by atoms with van der Waals surface area (Å²) < 4.78 is 31.1. The van der Waals surface area contributed by atoms with Gasteiger partial charge in [-0.15, -0.1) is 24.0 Å². The van der Waals surface area contributed by atoms with Gasteiger partial charge in [0.15, 0.2) is 5.96 Å². The molecule has 0 amide bonds. The van der Waals surface area contributed by atoms with Gasteiger partial charge in [-0.2, -0.15) is 0 Å². The molecule has 1 unspecified atom stereocenters. The SMILES string of the molecule is CN=C(NCCN1CCCS1(=O)=O)N1CCC(COCc2ccccc2)C1.I. The number of ether oxygens (including phenoxy) is 1. The van der Waals surface area contributed by atoms with Crippen LogP contribution < -0.4 is 5.32 Å². The fourth-order valence-electron chi connectivity index (χ4n) is 3.65. The van der Waals surface area contributed by atoms with E-state index in [1.807, 2.05) is 18.2 Å². The second-order valence-electron chi connectivity index (χ2n) is 7.14. The van der Waals surface area contributed by atoms with Gasteiger partial charge in [-0.05, 0) is 18.4 Å². The maximum Gasteiger partial charge on any atom is 0.214 e. The zero-order valence-corrected chi connectivity index (χ0v) is 19.6. The van der Waals surface area contributed by atoms with Crippen LogP contribution in [0.3, 0.4) is 0 Å². The second kappa shape index (κ2) is 11.3. The van der Waals surface area contributed by atoms with E-state index in [9.17, 15) is 8.42 Å². The van der Waals surface area contributed by atoms with E-state index >= 15 is 0 Å². The van der Waals surface area contributed by atoms with E-state index in [-0.39, 0.29) is 29.7 Å². The average Bonchev–Trinajstić information content (AvgIpc) is 3.26. The van der Waals surface area contributed by atoms with Crippen LogP contribution in [0.4, 0.5) is 0 Å². The van der Waals surface area contributed by atoms with Gasteiger partial charge >= 0.3 is 0 Å². The smallest absolute Gasteiger partial charge is 0.214 e. The van der Waals surface area contributed by atoms with Crippen molar-refractivity contribution in [2.75, 3.05) is 52.1 Å². The highest BCUT2D eigenvalue weighted by Gasteiger charge is 2.28. The van der Waals surface area contributed by atoms with Crippen molar-refractivity contribution in [2.45, 2.75) is 19.4 Å². The number of halogens is 1. The standard InChI is InChI=1S/C19H30N4O3S.HI/c1-20-19(21-9-12-23-10-5-13-27(23,24)25)22-11-8-18(14-22)16-26-15-17-6-3-2-4-7-17;/h2-4,6-7,18H,5,8-16H2,1H3,(H,20,21);1H. The molecule has 2 saturated heterocycles. The van der Waals surface area contributed by atoms with Crippen molar-refractivity contribution in [3.05, 3.63) is 35.9 Å². The maximum absolute atomic E-state index is 11.9. The summed E-state index contributed by atoms with van der Waals surface area (Å²) in [7, 11) is -1.26. The molecule has 7 nitrogen and oxygen atoms in total. The molecule has 1 aromatic rings. The monoisotopic (exact) mass is 522 g/mol. The highest BCUT2D eigenvalue weighted by molar-refractivity contribution is 14.0. The van der Waals surface area contributed by atoms with E-state index in [1.54, 1.807) is 11.4 Å². The van der Waals surface area contributed by atoms with Gasteiger partial charge in [-0.1, -0.05) is 30.3 Å². The molecule has 0 saturated carbocycles. The first-order chi connectivity index (χ1) is 13.1. The van der Waals surface area contributed by atoms with Gasteiger partial charge < -0.3 is 15.0 Å². The summed E-state index contributed by atoms with van der Waals surface area (Å²) >= 11 is 0. The first-order valence-electron chi connectivity index (χ1n) is 9.63. The third-order valence-corrected chi connectivity index (χ3v) is 7.07. The Bertz CT molecular complexity index is 730. The van der Waals surface area contributed by atoms with Crippen molar-refractivity contribution in [1.29, 1.82) is 0 Å². The van der Waals surface area contributed by atoms with E-state index in [1.165, 1.54) is 5.56 Å². The molecule has 3 rings (SSSR count). The number of guanidine groups is 1. The summed E-state index contributed by atoms with van der Waals surface area (Å²) in [6, 6.07) is 10.2. The number of nitrogens with zero attached hydrogens (tertiary/aromatic N) is 3. The summed E-state index contributed by atoms with van der Waals surface area (Å²) in [5, 5.41) is 3.31. The van der Waals surface area contributed by atoms with Crippen molar-refractivity contribution in [3.8, 4) is 0 Å². The van der Waals surface area contributed by atoms with Crippen LogP contribution in [0.5, 0.6) is 0 Å². The van der Waals surface area contributed by atoms with Crippen molar-refractivity contribution in [2.24, 2.45) is 10.9 Å². The van der Waals surface area contributed by atoms with Gasteiger partial charge in [-0.25, -0.2) is 12.7 Å². The molecule has 1 atom stereocenters. The number of aliphatic imine (C=N–C) groups is 1. The molecule has 1 aromatic carbocycles. The van der Waals surface area contributed by atoms with E-state index in [2.05, 4.69) is 27.3 Å². The van der Waals surface area contributed by atoms with Crippen LogP contribution in [0.15, 0.2) is 35.3 Å². The van der Waals surface area contributed by atoms with Crippen LogP contribution in [-0.4, -0.2) is 75.7 Å². The number of sulfonamides is 1. The largest absolute Gasteiger partial charge is 0.376 e. The quantitative estimate of drug-likeness (QED) is 0.336. The third kappa shape index (κ3) is 6.57. The lowest BCUT2D eigenvalue weighted by atomic mass is 10.1. The first kappa shape index (κ1) is 23.4. The van der Waals surface area contributed by atoms with Gasteiger partial charge in [0.2, 0.25) is 10.0 Å². The molecule has 0 spiro atoms. The Morgan fingerprint density at radius 1 is 1.29 bits per heavy atom. The maximum atomic E-state index is 11.9. The second-order valence-corrected chi connectivity index (χ2v) is 9.23. The number of nitrogens with one attached hydrogen (secondary N) is 1. The normalized spacial score (nSPS) is 22.2. The van der Waals surface area contributed by atoms with Gasteiger partial charge in [-0.3, -0.25) is 4.99 Å².